The van der Waals surface area contributed by atoms with Gasteiger partial charge in [-0.25, -0.2) is 0 Å². The highest BCUT2D eigenvalue weighted by atomic mass is 19.4. The van der Waals surface area contributed by atoms with Crippen LogP contribution < -0.4 is 0 Å². The Morgan fingerprint density at radius 2 is 1.94 bits per heavy atom. The van der Waals surface area contributed by atoms with E-state index in [1.807, 2.05) is 0 Å². The molecule has 0 aliphatic carbocycles. The lowest BCUT2D eigenvalue weighted by Crippen LogP contribution is -2.47. The molecule has 1 fully saturated rings. The number of likely N-dealkylation sites (tertiary alicyclic amines) is 1. The Morgan fingerprint density at radius 1 is 1.39 bits per heavy atom. The van der Waals surface area contributed by atoms with Crippen molar-refractivity contribution in [3.63, 3.8) is 0 Å². The number of rotatable bonds is 6. The second-order valence-electron chi connectivity index (χ2n) is 4.68. The Kier molecular flexibility index (Phi) is 5.40. The summed E-state index contributed by atoms with van der Waals surface area (Å²) in [5.74, 6) is -1.43. The molecule has 4 nitrogen and oxygen atoms in total. The molecular weight excluding hydrogens is 249 g/mol. The molecule has 0 aromatic carbocycles. The number of hydrogen-bond donors (Lipinski definition) is 1. The summed E-state index contributed by atoms with van der Waals surface area (Å²) < 4.78 is 38.1. The van der Waals surface area contributed by atoms with Gasteiger partial charge in [0.05, 0.1) is 6.42 Å². The second-order valence-corrected chi connectivity index (χ2v) is 4.68. The van der Waals surface area contributed by atoms with Crippen molar-refractivity contribution in [2.45, 2.75) is 31.5 Å². The molecule has 0 amide bonds. The number of carboxylic acid groups (broad SMARTS) is 1. The fourth-order valence-electron chi connectivity index (χ4n) is 2.15. The summed E-state index contributed by atoms with van der Waals surface area (Å²) in [5, 5.41) is 8.54. The van der Waals surface area contributed by atoms with Crippen molar-refractivity contribution < 1.29 is 23.1 Å². The molecule has 0 aromatic heterocycles. The van der Waals surface area contributed by atoms with Gasteiger partial charge in [0, 0.05) is 13.1 Å². The van der Waals surface area contributed by atoms with E-state index in [1.54, 1.807) is 0 Å². The van der Waals surface area contributed by atoms with Gasteiger partial charge in [-0.1, -0.05) is 0 Å². The van der Waals surface area contributed by atoms with Gasteiger partial charge in [-0.3, -0.25) is 9.69 Å². The summed E-state index contributed by atoms with van der Waals surface area (Å²) in [7, 11) is 1.33. The first-order valence-corrected chi connectivity index (χ1v) is 6.02. The summed E-state index contributed by atoms with van der Waals surface area (Å²) in [4.78, 5) is 13.7. The van der Waals surface area contributed by atoms with E-state index in [9.17, 15) is 18.0 Å². The van der Waals surface area contributed by atoms with Gasteiger partial charge in [-0.15, -0.1) is 0 Å². The molecule has 106 valence electrons. The molecule has 1 heterocycles. The Balaban J connectivity index is 2.47. The van der Waals surface area contributed by atoms with Crippen LogP contribution in [-0.2, 0) is 4.79 Å². The third kappa shape index (κ3) is 4.81. The summed E-state index contributed by atoms with van der Waals surface area (Å²) in [6, 6.07) is -1.90. The van der Waals surface area contributed by atoms with E-state index < -0.39 is 24.6 Å². The lowest BCUT2D eigenvalue weighted by molar-refractivity contribution is -0.187. The summed E-state index contributed by atoms with van der Waals surface area (Å²) in [6.45, 7) is 2.63. The fourth-order valence-corrected chi connectivity index (χ4v) is 2.15. The maximum Gasteiger partial charge on any atom is 0.404 e. The number of carbonyl (C=O) groups is 1. The first-order chi connectivity index (χ1) is 8.30. The monoisotopic (exact) mass is 268 g/mol. The molecule has 0 saturated carbocycles. The molecule has 1 atom stereocenters. The van der Waals surface area contributed by atoms with Crippen molar-refractivity contribution >= 4 is 5.97 Å². The SMILES string of the molecule is CN(CCN1CCCC1)C(CC(=O)O)C(F)(F)F. The fraction of sp³-hybridized carbons (Fsp3) is 0.909. The minimum Gasteiger partial charge on any atom is -0.481 e. The Bertz CT molecular complexity index is 278. The van der Waals surface area contributed by atoms with E-state index >= 15 is 0 Å². The molecule has 1 saturated heterocycles. The van der Waals surface area contributed by atoms with Gasteiger partial charge in [0.25, 0.3) is 0 Å². The van der Waals surface area contributed by atoms with Crippen LogP contribution in [0.3, 0.4) is 0 Å². The minimum absolute atomic E-state index is 0.234. The highest BCUT2D eigenvalue weighted by Crippen LogP contribution is 2.26. The van der Waals surface area contributed by atoms with Gasteiger partial charge in [-0.05, 0) is 33.0 Å². The molecule has 0 spiro atoms. The molecule has 1 rings (SSSR count). The van der Waals surface area contributed by atoms with Gasteiger partial charge >= 0.3 is 12.1 Å². The van der Waals surface area contributed by atoms with Crippen molar-refractivity contribution in [2.75, 3.05) is 33.2 Å². The van der Waals surface area contributed by atoms with Gasteiger partial charge < -0.3 is 10.0 Å². The van der Waals surface area contributed by atoms with Gasteiger partial charge in [0.15, 0.2) is 0 Å². The number of nitrogens with zero attached hydrogens (tertiary/aromatic N) is 2. The number of aliphatic carboxylic acids is 1. The van der Waals surface area contributed by atoms with Crippen molar-refractivity contribution in [1.29, 1.82) is 0 Å². The molecule has 1 aliphatic rings. The third-order valence-corrected chi connectivity index (χ3v) is 3.25. The Morgan fingerprint density at radius 3 is 2.39 bits per heavy atom. The summed E-state index contributed by atoms with van der Waals surface area (Å²) in [6.07, 6.45) is -3.23. The van der Waals surface area contributed by atoms with Gasteiger partial charge in [0.2, 0.25) is 0 Å². The average Bonchev–Trinajstić information content (AvgIpc) is 2.73. The normalized spacial score (nSPS) is 19.4. The topological polar surface area (TPSA) is 43.8 Å². The lowest BCUT2D eigenvalue weighted by atomic mass is 10.1. The molecular formula is C11H19F3N2O2. The first-order valence-electron chi connectivity index (χ1n) is 6.02. The van der Waals surface area contributed by atoms with Crippen LogP contribution in [0.5, 0.6) is 0 Å². The maximum atomic E-state index is 12.7. The highest BCUT2D eigenvalue weighted by Gasteiger charge is 2.43. The molecule has 1 aliphatic heterocycles. The molecule has 18 heavy (non-hydrogen) atoms. The number of hydrogen-bond acceptors (Lipinski definition) is 3. The van der Waals surface area contributed by atoms with Gasteiger partial charge in [0.1, 0.15) is 6.04 Å². The van der Waals surface area contributed by atoms with Crippen molar-refractivity contribution in [3.05, 3.63) is 0 Å². The predicted octanol–water partition coefficient (Wildman–Crippen LogP) is 1.42. The second kappa shape index (κ2) is 6.38. The van der Waals surface area contributed by atoms with E-state index in [1.165, 1.54) is 7.05 Å². The van der Waals surface area contributed by atoms with Crippen LogP contribution in [0.25, 0.3) is 0 Å². The standard InChI is InChI=1S/C11H19F3N2O2/c1-15(6-7-16-4-2-3-5-16)9(8-10(17)18)11(12,13)14/h9H,2-8H2,1H3,(H,17,18). The average molecular weight is 268 g/mol. The van der Waals surface area contributed by atoms with E-state index in [0.29, 0.717) is 6.54 Å². The minimum atomic E-state index is -4.50. The van der Waals surface area contributed by atoms with Crippen molar-refractivity contribution in [1.82, 2.24) is 9.80 Å². The van der Waals surface area contributed by atoms with Crippen LogP contribution in [-0.4, -0.2) is 66.3 Å². The smallest absolute Gasteiger partial charge is 0.404 e. The summed E-state index contributed by atoms with van der Waals surface area (Å²) >= 11 is 0. The molecule has 1 unspecified atom stereocenters. The predicted molar refractivity (Wildman–Crippen MR) is 60.4 cm³/mol. The maximum absolute atomic E-state index is 12.7. The quantitative estimate of drug-likeness (QED) is 0.791. The number of likely N-dealkylation sites (N-methyl/N-ethyl adjacent to an activating group) is 1. The van der Waals surface area contributed by atoms with E-state index in [-0.39, 0.29) is 6.54 Å². The molecule has 0 radical (unpaired) electrons. The van der Waals surface area contributed by atoms with Crippen LogP contribution >= 0.6 is 0 Å². The Labute approximate surface area is 104 Å². The van der Waals surface area contributed by atoms with Crippen LogP contribution in [0, 0.1) is 0 Å². The molecule has 0 bridgehead atoms. The first kappa shape index (κ1) is 15.2. The van der Waals surface area contributed by atoms with Crippen molar-refractivity contribution in [3.8, 4) is 0 Å². The molecule has 0 aromatic rings. The highest BCUT2D eigenvalue weighted by molar-refractivity contribution is 5.67. The number of halogens is 3. The van der Waals surface area contributed by atoms with E-state index in [4.69, 9.17) is 5.11 Å². The largest absolute Gasteiger partial charge is 0.481 e. The number of carboxylic acids is 1. The van der Waals surface area contributed by atoms with Crippen LogP contribution in [0.15, 0.2) is 0 Å². The zero-order valence-electron chi connectivity index (χ0n) is 10.4. The van der Waals surface area contributed by atoms with Crippen LogP contribution in [0.2, 0.25) is 0 Å². The number of alkyl halides is 3. The molecule has 7 heteroatoms. The third-order valence-electron chi connectivity index (χ3n) is 3.25. The van der Waals surface area contributed by atoms with E-state index in [0.717, 1.165) is 30.8 Å². The van der Waals surface area contributed by atoms with Crippen LogP contribution in [0.1, 0.15) is 19.3 Å². The zero-order chi connectivity index (χ0) is 13.8. The van der Waals surface area contributed by atoms with Crippen molar-refractivity contribution in [2.24, 2.45) is 0 Å². The lowest BCUT2D eigenvalue weighted by Gasteiger charge is -2.30. The summed E-state index contributed by atoms with van der Waals surface area (Å²) in [5.41, 5.74) is 0. The molecule has 1 N–H and O–H groups in total. The van der Waals surface area contributed by atoms with E-state index in [2.05, 4.69) is 4.90 Å². The zero-order valence-corrected chi connectivity index (χ0v) is 10.4. The Hall–Kier alpha value is -0.820. The van der Waals surface area contributed by atoms with Gasteiger partial charge in [-0.2, -0.15) is 13.2 Å². The van der Waals surface area contributed by atoms with Crippen LogP contribution in [0.4, 0.5) is 13.2 Å².